The molecule has 0 amide bonds. The maximum Gasteiger partial charge on any atom is 0.168 e. The van der Waals surface area contributed by atoms with Gasteiger partial charge in [-0.15, -0.1) is 5.10 Å². The van der Waals surface area contributed by atoms with Crippen molar-refractivity contribution in [1.82, 2.24) is 25.5 Å². The fraction of sp³-hybridized carbons (Fsp3) is 0.857. The highest BCUT2D eigenvalue weighted by molar-refractivity contribution is 4.88. The second kappa shape index (κ2) is 4.88. The van der Waals surface area contributed by atoms with Crippen LogP contribution in [0.25, 0.3) is 0 Å². The Labute approximate surface area is 77.3 Å². The van der Waals surface area contributed by atoms with Crippen molar-refractivity contribution in [2.24, 2.45) is 0 Å². The van der Waals surface area contributed by atoms with Gasteiger partial charge in [-0.1, -0.05) is 0 Å². The molecule has 1 N–H and O–H groups in total. The second-order valence-corrected chi connectivity index (χ2v) is 2.76. The number of rotatable bonds is 5. The number of methoxy groups -OCH3 is 1. The number of hydrogen-bond donors (Lipinski definition) is 1. The van der Waals surface area contributed by atoms with E-state index in [4.69, 9.17) is 4.74 Å². The van der Waals surface area contributed by atoms with E-state index >= 15 is 0 Å². The minimum Gasteiger partial charge on any atom is -0.383 e. The first kappa shape index (κ1) is 10.1. The third-order valence-electron chi connectivity index (χ3n) is 1.89. The molecule has 1 rings (SSSR count). The lowest BCUT2D eigenvalue weighted by Gasteiger charge is -2.09. The topological polar surface area (TPSA) is 64.9 Å². The van der Waals surface area contributed by atoms with Crippen molar-refractivity contribution in [3.8, 4) is 0 Å². The number of aromatic nitrogens is 4. The summed E-state index contributed by atoms with van der Waals surface area (Å²) in [6.07, 6.45) is 0. The minimum absolute atomic E-state index is 0.159. The van der Waals surface area contributed by atoms with E-state index in [1.807, 2.05) is 14.0 Å². The highest BCUT2D eigenvalue weighted by Gasteiger charge is 2.11. The van der Waals surface area contributed by atoms with Crippen LogP contribution in [0.5, 0.6) is 0 Å². The van der Waals surface area contributed by atoms with Gasteiger partial charge in [-0.2, -0.15) is 0 Å². The van der Waals surface area contributed by atoms with E-state index in [-0.39, 0.29) is 6.04 Å². The zero-order chi connectivity index (χ0) is 9.68. The summed E-state index contributed by atoms with van der Waals surface area (Å²) in [5.41, 5.74) is 0. The van der Waals surface area contributed by atoms with Crippen LogP contribution in [0.4, 0.5) is 0 Å². The molecule has 0 spiro atoms. The van der Waals surface area contributed by atoms with Gasteiger partial charge >= 0.3 is 0 Å². The van der Waals surface area contributed by atoms with Gasteiger partial charge in [-0.05, 0) is 24.4 Å². The average Bonchev–Trinajstić information content (AvgIpc) is 2.61. The fourth-order valence-electron chi connectivity index (χ4n) is 0.988. The van der Waals surface area contributed by atoms with Crippen molar-refractivity contribution in [3.63, 3.8) is 0 Å². The maximum atomic E-state index is 4.95. The summed E-state index contributed by atoms with van der Waals surface area (Å²) in [4.78, 5) is 0. The van der Waals surface area contributed by atoms with E-state index in [2.05, 4.69) is 20.8 Å². The molecule has 1 heterocycles. The van der Waals surface area contributed by atoms with Crippen molar-refractivity contribution in [2.75, 3.05) is 20.8 Å². The van der Waals surface area contributed by atoms with Crippen LogP contribution in [0, 0.1) is 0 Å². The highest BCUT2D eigenvalue weighted by Crippen LogP contribution is 2.05. The summed E-state index contributed by atoms with van der Waals surface area (Å²) in [6.45, 7) is 3.31. The molecular weight excluding hydrogens is 170 g/mol. The van der Waals surface area contributed by atoms with Gasteiger partial charge in [0, 0.05) is 7.11 Å². The van der Waals surface area contributed by atoms with Crippen LogP contribution < -0.4 is 5.32 Å². The van der Waals surface area contributed by atoms with Crippen LogP contribution in [0.3, 0.4) is 0 Å². The Morgan fingerprint density at radius 2 is 2.38 bits per heavy atom. The molecule has 1 atom stereocenters. The number of nitrogens with zero attached hydrogens (tertiary/aromatic N) is 4. The molecule has 0 aliphatic rings. The standard InChI is InChI=1S/C7H15N5O/c1-6(8-2)7-9-10-11-12(7)4-5-13-3/h6,8H,4-5H2,1-3H3. The van der Waals surface area contributed by atoms with Crippen LogP contribution in [-0.2, 0) is 11.3 Å². The Bertz CT molecular complexity index is 249. The normalized spacial score (nSPS) is 13.2. The van der Waals surface area contributed by atoms with E-state index < -0.39 is 0 Å². The summed E-state index contributed by atoms with van der Waals surface area (Å²) in [6, 6.07) is 0.159. The molecule has 0 radical (unpaired) electrons. The Morgan fingerprint density at radius 1 is 1.62 bits per heavy atom. The number of tetrazole rings is 1. The van der Waals surface area contributed by atoms with Gasteiger partial charge < -0.3 is 10.1 Å². The fourth-order valence-corrected chi connectivity index (χ4v) is 0.988. The summed E-state index contributed by atoms with van der Waals surface area (Å²) in [5, 5.41) is 14.5. The van der Waals surface area contributed by atoms with Gasteiger partial charge in [-0.3, -0.25) is 0 Å². The molecule has 1 aromatic heterocycles. The average molecular weight is 185 g/mol. The zero-order valence-corrected chi connectivity index (χ0v) is 8.19. The SMILES string of the molecule is CNC(C)c1nnnn1CCOC. The molecule has 0 aliphatic heterocycles. The predicted octanol–water partition coefficient (Wildman–Crippen LogP) is -0.400. The lowest BCUT2D eigenvalue weighted by atomic mass is 10.3. The third kappa shape index (κ3) is 2.46. The van der Waals surface area contributed by atoms with E-state index in [1.54, 1.807) is 11.8 Å². The van der Waals surface area contributed by atoms with E-state index in [0.29, 0.717) is 13.2 Å². The van der Waals surface area contributed by atoms with Crippen LogP contribution in [0.15, 0.2) is 0 Å². The summed E-state index contributed by atoms with van der Waals surface area (Å²) in [7, 11) is 3.53. The Kier molecular flexibility index (Phi) is 3.78. The molecule has 6 nitrogen and oxygen atoms in total. The lowest BCUT2D eigenvalue weighted by Crippen LogP contribution is -2.19. The molecule has 0 bridgehead atoms. The molecule has 1 unspecified atom stereocenters. The zero-order valence-electron chi connectivity index (χ0n) is 8.19. The number of ether oxygens (including phenoxy) is 1. The van der Waals surface area contributed by atoms with Gasteiger partial charge in [0.15, 0.2) is 5.82 Å². The van der Waals surface area contributed by atoms with Crippen molar-refractivity contribution in [1.29, 1.82) is 0 Å². The Morgan fingerprint density at radius 3 is 3.00 bits per heavy atom. The smallest absolute Gasteiger partial charge is 0.168 e. The third-order valence-corrected chi connectivity index (χ3v) is 1.89. The summed E-state index contributed by atoms with van der Waals surface area (Å²) in [5.74, 6) is 0.833. The van der Waals surface area contributed by atoms with Crippen LogP contribution in [-0.4, -0.2) is 41.0 Å². The van der Waals surface area contributed by atoms with Crippen molar-refractivity contribution in [2.45, 2.75) is 19.5 Å². The van der Waals surface area contributed by atoms with Crippen LogP contribution in [0.2, 0.25) is 0 Å². The molecule has 0 aromatic carbocycles. The van der Waals surface area contributed by atoms with E-state index in [1.165, 1.54) is 0 Å². The first-order valence-corrected chi connectivity index (χ1v) is 4.22. The maximum absolute atomic E-state index is 4.95. The second-order valence-electron chi connectivity index (χ2n) is 2.76. The number of hydrogen-bond acceptors (Lipinski definition) is 5. The number of nitrogens with one attached hydrogen (secondary N) is 1. The minimum atomic E-state index is 0.159. The monoisotopic (exact) mass is 185 g/mol. The van der Waals surface area contributed by atoms with Gasteiger partial charge in [0.2, 0.25) is 0 Å². The van der Waals surface area contributed by atoms with Crippen LogP contribution >= 0.6 is 0 Å². The van der Waals surface area contributed by atoms with Crippen molar-refractivity contribution < 1.29 is 4.74 Å². The molecule has 1 aromatic rings. The van der Waals surface area contributed by atoms with Crippen molar-refractivity contribution in [3.05, 3.63) is 5.82 Å². The van der Waals surface area contributed by atoms with E-state index in [9.17, 15) is 0 Å². The highest BCUT2D eigenvalue weighted by atomic mass is 16.5. The first-order chi connectivity index (χ1) is 6.29. The van der Waals surface area contributed by atoms with Gasteiger partial charge in [-0.25, -0.2) is 4.68 Å². The van der Waals surface area contributed by atoms with Gasteiger partial charge in [0.1, 0.15) is 0 Å². The lowest BCUT2D eigenvalue weighted by molar-refractivity contribution is 0.181. The molecule has 0 saturated carbocycles. The molecule has 0 aliphatic carbocycles. The molecule has 0 saturated heterocycles. The van der Waals surface area contributed by atoms with Gasteiger partial charge in [0.05, 0.1) is 19.2 Å². The van der Waals surface area contributed by atoms with Gasteiger partial charge in [0.25, 0.3) is 0 Å². The predicted molar refractivity (Wildman–Crippen MR) is 47.2 cm³/mol. The summed E-state index contributed by atoms with van der Waals surface area (Å²) < 4.78 is 6.69. The molecule has 13 heavy (non-hydrogen) atoms. The Hall–Kier alpha value is -1.01. The molecular formula is C7H15N5O. The molecule has 6 heteroatoms. The van der Waals surface area contributed by atoms with E-state index in [0.717, 1.165) is 5.82 Å². The Balaban J connectivity index is 2.65. The van der Waals surface area contributed by atoms with Crippen molar-refractivity contribution >= 4 is 0 Å². The van der Waals surface area contributed by atoms with Crippen LogP contribution in [0.1, 0.15) is 18.8 Å². The largest absolute Gasteiger partial charge is 0.383 e. The quantitative estimate of drug-likeness (QED) is 0.676. The first-order valence-electron chi connectivity index (χ1n) is 4.22. The summed E-state index contributed by atoms with van der Waals surface area (Å²) >= 11 is 0. The molecule has 0 fully saturated rings. The molecule has 74 valence electrons.